The van der Waals surface area contributed by atoms with Crippen LogP contribution in [0.4, 0.5) is 0 Å². The first kappa shape index (κ1) is 19.0. The Morgan fingerprint density at radius 3 is 2.50 bits per heavy atom. The van der Waals surface area contributed by atoms with Gasteiger partial charge in [0.2, 0.25) is 0 Å². The first-order chi connectivity index (χ1) is 9.71. The Kier molecular flexibility index (Phi) is 6.04. The molecule has 1 saturated heterocycles. The molecule has 0 unspecified atom stereocenters. The molecular weight excluding hydrogens is 300 g/mol. The lowest BCUT2D eigenvalue weighted by atomic mass is 9.81. The van der Waals surface area contributed by atoms with Crippen molar-refractivity contribution < 1.29 is 4.79 Å². The Balaban J connectivity index is 0.00000242. The van der Waals surface area contributed by atoms with Gasteiger partial charge in [-0.1, -0.05) is 27.7 Å². The predicted molar refractivity (Wildman–Crippen MR) is 91.7 cm³/mol. The molecule has 5 nitrogen and oxygen atoms in total. The highest BCUT2D eigenvalue weighted by Crippen LogP contribution is 2.27. The number of nitrogens with zero attached hydrogens (tertiary/aromatic N) is 2. The minimum Gasteiger partial charge on any atom is -0.350 e. The normalized spacial score (nSPS) is 17.7. The fourth-order valence-electron chi connectivity index (χ4n) is 2.64. The van der Waals surface area contributed by atoms with Crippen LogP contribution in [-0.2, 0) is 12.5 Å². The van der Waals surface area contributed by atoms with Crippen molar-refractivity contribution in [2.45, 2.75) is 46.0 Å². The van der Waals surface area contributed by atoms with Crippen LogP contribution in [0.25, 0.3) is 0 Å². The number of piperidine rings is 1. The van der Waals surface area contributed by atoms with Gasteiger partial charge in [0.05, 0.1) is 5.69 Å². The van der Waals surface area contributed by atoms with Gasteiger partial charge in [0.1, 0.15) is 5.69 Å². The second-order valence-electron chi connectivity index (χ2n) is 7.53. The Morgan fingerprint density at radius 1 is 1.41 bits per heavy atom. The van der Waals surface area contributed by atoms with Crippen LogP contribution in [0.3, 0.4) is 0 Å². The quantitative estimate of drug-likeness (QED) is 0.894. The van der Waals surface area contributed by atoms with Crippen LogP contribution in [0, 0.1) is 5.41 Å². The van der Waals surface area contributed by atoms with Gasteiger partial charge in [0, 0.05) is 19.0 Å². The molecular formula is C16H29ClN4O. The Hall–Kier alpha value is -1.07. The zero-order valence-electron chi connectivity index (χ0n) is 14.3. The fourth-order valence-corrected chi connectivity index (χ4v) is 2.64. The Bertz CT molecular complexity index is 513. The molecule has 1 aliphatic heterocycles. The minimum absolute atomic E-state index is 0. The maximum atomic E-state index is 12.4. The summed E-state index contributed by atoms with van der Waals surface area (Å²) in [6.45, 7) is 11.4. The number of halogens is 1. The van der Waals surface area contributed by atoms with Gasteiger partial charge in [-0.3, -0.25) is 9.48 Å². The van der Waals surface area contributed by atoms with Gasteiger partial charge in [-0.15, -0.1) is 12.4 Å². The molecule has 1 aromatic rings. The maximum absolute atomic E-state index is 12.4. The number of rotatable bonds is 3. The molecule has 0 aliphatic carbocycles. The van der Waals surface area contributed by atoms with Crippen molar-refractivity contribution in [3.63, 3.8) is 0 Å². The molecule has 1 aliphatic rings. The summed E-state index contributed by atoms with van der Waals surface area (Å²) >= 11 is 0. The minimum atomic E-state index is -0.0443. The van der Waals surface area contributed by atoms with Crippen molar-refractivity contribution in [2.24, 2.45) is 12.5 Å². The second-order valence-corrected chi connectivity index (χ2v) is 7.53. The first-order valence-electron chi connectivity index (χ1n) is 7.75. The van der Waals surface area contributed by atoms with E-state index < -0.39 is 0 Å². The molecule has 22 heavy (non-hydrogen) atoms. The molecule has 0 bridgehead atoms. The monoisotopic (exact) mass is 328 g/mol. The van der Waals surface area contributed by atoms with Gasteiger partial charge < -0.3 is 10.6 Å². The van der Waals surface area contributed by atoms with Crippen molar-refractivity contribution >= 4 is 18.3 Å². The Morgan fingerprint density at radius 2 is 2.00 bits per heavy atom. The molecule has 6 heteroatoms. The first-order valence-corrected chi connectivity index (χ1v) is 7.75. The lowest BCUT2D eigenvalue weighted by molar-refractivity contribution is 0.0913. The number of carbonyl (C=O) groups is 1. The Labute approximate surface area is 139 Å². The number of hydrogen-bond acceptors (Lipinski definition) is 3. The van der Waals surface area contributed by atoms with Crippen LogP contribution in [0.5, 0.6) is 0 Å². The summed E-state index contributed by atoms with van der Waals surface area (Å²) in [5, 5.41) is 10.9. The summed E-state index contributed by atoms with van der Waals surface area (Å²) in [6.07, 6.45) is 2.21. The van der Waals surface area contributed by atoms with Gasteiger partial charge >= 0.3 is 0 Å². The van der Waals surface area contributed by atoms with Gasteiger partial charge in [0.15, 0.2) is 0 Å². The number of amides is 1. The van der Waals surface area contributed by atoms with E-state index in [2.05, 4.69) is 43.4 Å². The lowest BCUT2D eigenvalue weighted by Crippen LogP contribution is -2.43. The maximum Gasteiger partial charge on any atom is 0.269 e. The third-order valence-corrected chi connectivity index (χ3v) is 4.37. The smallest absolute Gasteiger partial charge is 0.269 e. The fraction of sp³-hybridized carbons (Fsp3) is 0.750. The zero-order chi connectivity index (χ0) is 15.7. The average molecular weight is 329 g/mol. The topological polar surface area (TPSA) is 59.0 Å². The molecule has 0 radical (unpaired) electrons. The van der Waals surface area contributed by atoms with Crippen LogP contribution >= 0.6 is 12.4 Å². The summed E-state index contributed by atoms with van der Waals surface area (Å²) in [5.41, 5.74) is 1.74. The van der Waals surface area contributed by atoms with Crippen molar-refractivity contribution in [3.8, 4) is 0 Å². The standard InChI is InChI=1S/C16H28N4O.ClH/c1-15(2,3)13-10-12(20(5)19-13)14(21)18-11-16(4)6-8-17-9-7-16;/h10,17H,6-9,11H2,1-5H3,(H,18,21);1H. The molecule has 0 saturated carbocycles. The van der Waals surface area contributed by atoms with Crippen molar-refractivity contribution in [2.75, 3.05) is 19.6 Å². The largest absolute Gasteiger partial charge is 0.350 e. The number of aromatic nitrogens is 2. The third-order valence-electron chi connectivity index (χ3n) is 4.37. The lowest BCUT2D eigenvalue weighted by Gasteiger charge is -2.34. The summed E-state index contributed by atoms with van der Waals surface area (Å²) in [7, 11) is 1.83. The van der Waals surface area contributed by atoms with E-state index in [1.807, 2.05) is 13.1 Å². The van der Waals surface area contributed by atoms with Gasteiger partial charge in [0.25, 0.3) is 5.91 Å². The van der Waals surface area contributed by atoms with E-state index in [1.54, 1.807) is 4.68 Å². The highest BCUT2D eigenvalue weighted by Gasteiger charge is 2.28. The number of carbonyl (C=O) groups excluding carboxylic acids is 1. The molecule has 2 heterocycles. The molecule has 2 rings (SSSR count). The van der Waals surface area contributed by atoms with Gasteiger partial charge in [-0.25, -0.2) is 0 Å². The molecule has 0 spiro atoms. The summed E-state index contributed by atoms with van der Waals surface area (Å²) in [5.74, 6) is -0.0275. The average Bonchev–Trinajstić information content (AvgIpc) is 2.79. The summed E-state index contributed by atoms with van der Waals surface area (Å²) < 4.78 is 1.68. The van der Waals surface area contributed by atoms with E-state index in [4.69, 9.17) is 0 Å². The molecule has 1 aromatic heterocycles. The molecule has 0 aromatic carbocycles. The molecule has 1 amide bonds. The molecule has 2 N–H and O–H groups in total. The number of hydrogen-bond donors (Lipinski definition) is 2. The van der Waals surface area contributed by atoms with Crippen molar-refractivity contribution in [1.29, 1.82) is 0 Å². The predicted octanol–water partition coefficient (Wildman–Crippen LogP) is 2.26. The van der Waals surface area contributed by atoms with E-state index in [9.17, 15) is 4.79 Å². The van der Waals surface area contributed by atoms with E-state index in [-0.39, 0.29) is 29.1 Å². The summed E-state index contributed by atoms with van der Waals surface area (Å²) in [4.78, 5) is 12.4. The van der Waals surface area contributed by atoms with Crippen molar-refractivity contribution in [1.82, 2.24) is 20.4 Å². The molecule has 126 valence electrons. The van der Waals surface area contributed by atoms with Gasteiger partial charge in [-0.2, -0.15) is 5.10 Å². The van der Waals surface area contributed by atoms with E-state index in [0.717, 1.165) is 38.2 Å². The molecule has 1 fully saturated rings. The van der Waals surface area contributed by atoms with E-state index >= 15 is 0 Å². The van der Waals surface area contributed by atoms with E-state index in [0.29, 0.717) is 5.69 Å². The van der Waals surface area contributed by atoms with Crippen molar-refractivity contribution in [3.05, 3.63) is 17.5 Å². The number of nitrogens with one attached hydrogen (secondary N) is 2. The highest BCUT2D eigenvalue weighted by molar-refractivity contribution is 5.92. The van der Waals surface area contributed by atoms with E-state index in [1.165, 1.54) is 0 Å². The van der Waals surface area contributed by atoms with Crippen LogP contribution in [0.2, 0.25) is 0 Å². The van der Waals surface area contributed by atoms with Crippen LogP contribution in [-0.4, -0.2) is 35.3 Å². The third kappa shape index (κ3) is 4.46. The van der Waals surface area contributed by atoms with Crippen LogP contribution in [0.15, 0.2) is 6.07 Å². The summed E-state index contributed by atoms with van der Waals surface area (Å²) in [6, 6.07) is 1.90. The van der Waals surface area contributed by atoms with Crippen LogP contribution in [0.1, 0.15) is 56.7 Å². The zero-order valence-corrected chi connectivity index (χ0v) is 15.1. The highest BCUT2D eigenvalue weighted by atomic mass is 35.5. The SMILES string of the molecule is Cl.Cn1nc(C(C)(C)C)cc1C(=O)NCC1(C)CCNCC1. The van der Waals surface area contributed by atoms with Gasteiger partial charge in [-0.05, 0) is 37.4 Å². The molecule has 0 atom stereocenters. The van der Waals surface area contributed by atoms with Crippen LogP contribution < -0.4 is 10.6 Å². The second kappa shape index (κ2) is 7.01. The number of aryl methyl sites for hydroxylation is 1.